The number of hydrogen-bond acceptors (Lipinski definition) is 3. The van der Waals surface area contributed by atoms with Crippen LogP contribution in [-0.2, 0) is 0 Å². The highest BCUT2D eigenvalue weighted by molar-refractivity contribution is 5.94. The van der Waals surface area contributed by atoms with Crippen molar-refractivity contribution in [2.75, 3.05) is 0 Å². The standard InChI is InChI=1S/C22H32N2O2/c25-22(20-19(15-11-12-15)21(26-23-20)16-13-14-16)24(17-7-3-1-4-8-17)18-9-5-2-6-10-18/h15-18H,1-14H2. The summed E-state index contributed by atoms with van der Waals surface area (Å²) in [6.07, 6.45) is 17.2. The van der Waals surface area contributed by atoms with Gasteiger partial charge in [0.15, 0.2) is 5.69 Å². The Morgan fingerprint density at radius 3 is 1.81 bits per heavy atom. The zero-order valence-corrected chi connectivity index (χ0v) is 15.9. The van der Waals surface area contributed by atoms with Crippen molar-refractivity contribution < 1.29 is 9.32 Å². The lowest BCUT2D eigenvalue weighted by molar-refractivity contribution is 0.0437. The smallest absolute Gasteiger partial charge is 0.276 e. The van der Waals surface area contributed by atoms with Crippen LogP contribution in [0.2, 0.25) is 0 Å². The summed E-state index contributed by atoms with van der Waals surface area (Å²) >= 11 is 0. The fourth-order valence-electron chi connectivity index (χ4n) is 5.34. The van der Waals surface area contributed by atoms with Crippen LogP contribution in [0.1, 0.15) is 124 Å². The van der Waals surface area contributed by atoms with E-state index in [2.05, 4.69) is 10.1 Å². The van der Waals surface area contributed by atoms with Crippen LogP contribution in [0.25, 0.3) is 0 Å². The van der Waals surface area contributed by atoms with E-state index in [4.69, 9.17) is 4.52 Å². The maximum Gasteiger partial charge on any atom is 0.276 e. The third-order valence-electron chi connectivity index (χ3n) is 7.06. The Kier molecular flexibility index (Phi) is 4.54. The first-order chi connectivity index (χ1) is 12.8. The molecule has 1 aromatic heterocycles. The number of carbonyl (C=O) groups is 1. The minimum Gasteiger partial charge on any atom is -0.360 e. The van der Waals surface area contributed by atoms with Gasteiger partial charge < -0.3 is 9.42 Å². The Balaban J connectivity index is 1.46. The molecule has 1 heterocycles. The molecule has 4 aliphatic carbocycles. The maximum atomic E-state index is 13.8. The van der Waals surface area contributed by atoms with Crippen LogP contribution in [0.15, 0.2) is 4.52 Å². The highest BCUT2D eigenvalue weighted by atomic mass is 16.5. The minimum absolute atomic E-state index is 0.196. The molecule has 0 spiro atoms. The van der Waals surface area contributed by atoms with Crippen LogP contribution in [0, 0.1) is 0 Å². The molecule has 0 radical (unpaired) electrons. The van der Waals surface area contributed by atoms with Crippen molar-refractivity contribution in [1.82, 2.24) is 10.1 Å². The molecule has 0 N–H and O–H groups in total. The van der Waals surface area contributed by atoms with E-state index in [1.54, 1.807) is 0 Å². The van der Waals surface area contributed by atoms with Crippen molar-refractivity contribution in [3.63, 3.8) is 0 Å². The number of hydrogen-bond donors (Lipinski definition) is 0. The lowest BCUT2D eigenvalue weighted by atomic mass is 9.88. The van der Waals surface area contributed by atoms with Crippen molar-refractivity contribution in [2.24, 2.45) is 0 Å². The van der Waals surface area contributed by atoms with E-state index in [9.17, 15) is 4.79 Å². The predicted octanol–water partition coefficient (Wildman–Crippen LogP) is 5.54. The van der Waals surface area contributed by atoms with Gasteiger partial charge in [-0.3, -0.25) is 4.79 Å². The summed E-state index contributed by atoms with van der Waals surface area (Å²) in [7, 11) is 0. The van der Waals surface area contributed by atoms with E-state index in [1.165, 1.54) is 95.5 Å². The molecule has 0 bridgehead atoms. The second kappa shape index (κ2) is 7.01. The van der Waals surface area contributed by atoms with Crippen LogP contribution < -0.4 is 0 Å². The third kappa shape index (κ3) is 3.20. The first-order valence-corrected chi connectivity index (χ1v) is 11.1. The number of aromatic nitrogens is 1. The molecule has 142 valence electrons. The molecule has 4 nitrogen and oxygen atoms in total. The molecule has 4 aliphatic rings. The van der Waals surface area contributed by atoms with Crippen molar-refractivity contribution in [3.8, 4) is 0 Å². The van der Waals surface area contributed by atoms with Gasteiger partial charge in [-0.2, -0.15) is 0 Å². The molecule has 0 atom stereocenters. The number of rotatable bonds is 5. The van der Waals surface area contributed by atoms with E-state index in [-0.39, 0.29) is 5.91 Å². The van der Waals surface area contributed by atoms with Crippen LogP contribution in [0.4, 0.5) is 0 Å². The second-order valence-electron chi connectivity index (χ2n) is 9.15. The summed E-state index contributed by atoms with van der Waals surface area (Å²) in [5.74, 6) is 2.33. The average Bonchev–Trinajstić information content (AvgIpc) is 3.62. The van der Waals surface area contributed by atoms with Crippen molar-refractivity contribution >= 4 is 5.91 Å². The van der Waals surface area contributed by atoms with Crippen LogP contribution >= 0.6 is 0 Å². The second-order valence-corrected chi connectivity index (χ2v) is 9.15. The Morgan fingerprint density at radius 1 is 0.769 bits per heavy atom. The van der Waals surface area contributed by atoms with Crippen molar-refractivity contribution in [3.05, 3.63) is 17.0 Å². The lowest BCUT2D eigenvalue weighted by Crippen LogP contribution is -2.49. The van der Waals surface area contributed by atoms with Gasteiger partial charge in [0.25, 0.3) is 5.91 Å². The molecule has 26 heavy (non-hydrogen) atoms. The van der Waals surface area contributed by atoms with Gasteiger partial charge in [0.05, 0.1) is 0 Å². The Hall–Kier alpha value is -1.32. The van der Waals surface area contributed by atoms with Crippen LogP contribution in [0.3, 0.4) is 0 Å². The number of nitrogens with zero attached hydrogens (tertiary/aromatic N) is 2. The van der Waals surface area contributed by atoms with Gasteiger partial charge in [-0.25, -0.2) is 0 Å². The van der Waals surface area contributed by atoms with Crippen LogP contribution in [0.5, 0.6) is 0 Å². The van der Waals surface area contributed by atoms with E-state index in [1.807, 2.05) is 0 Å². The molecular formula is C22H32N2O2. The summed E-state index contributed by atoms with van der Waals surface area (Å²) in [6.45, 7) is 0. The number of amides is 1. The van der Waals surface area contributed by atoms with Gasteiger partial charge in [0.1, 0.15) is 5.76 Å². The van der Waals surface area contributed by atoms with E-state index in [0.717, 1.165) is 5.76 Å². The third-order valence-corrected chi connectivity index (χ3v) is 7.06. The lowest BCUT2D eigenvalue weighted by Gasteiger charge is -2.41. The Bertz CT molecular complexity index is 629. The maximum absolute atomic E-state index is 13.8. The average molecular weight is 357 g/mol. The van der Waals surface area contributed by atoms with E-state index in [0.29, 0.717) is 29.6 Å². The fraction of sp³-hybridized carbons (Fsp3) is 0.818. The summed E-state index contributed by atoms with van der Waals surface area (Å²) in [4.78, 5) is 16.0. The van der Waals surface area contributed by atoms with Crippen molar-refractivity contribution in [1.29, 1.82) is 0 Å². The zero-order valence-electron chi connectivity index (χ0n) is 15.9. The number of carbonyl (C=O) groups excluding carboxylic acids is 1. The predicted molar refractivity (Wildman–Crippen MR) is 100 cm³/mol. The SMILES string of the molecule is O=C(c1noc(C2CC2)c1C1CC1)N(C1CCCCC1)C1CCCCC1. The highest BCUT2D eigenvalue weighted by Gasteiger charge is 2.43. The molecule has 0 aromatic carbocycles. The molecule has 4 saturated carbocycles. The normalized spacial score (nSPS) is 25.4. The summed E-state index contributed by atoms with van der Waals surface area (Å²) in [5.41, 5.74) is 1.89. The highest BCUT2D eigenvalue weighted by Crippen LogP contribution is 2.51. The van der Waals surface area contributed by atoms with Crippen LogP contribution in [-0.4, -0.2) is 28.0 Å². The van der Waals surface area contributed by atoms with Crippen molar-refractivity contribution in [2.45, 2.75) is 114 Å². The molecule has 1 amide bonds. The quantitative estimate of drug-likeness (QED) is 0.696. The first-order valence-electron chi connectivity index (χ1n) is 11.1. The molecule has 0 unspecified atom stereocenters. The largest absolute Gasteiger partial charge is 0.360 e. The molecule has 0 saturated heterocycles. The van der Waals surface area contributed by atoms with Gasteiger partial charge in [-0.15, -0.1) is 0 Å². The molecule has 5 rings (SSSR count). The molecular weight excluding hydrogens is 324 g/mol. The summed E-state index contributed by atoms with van der Waals surface area (Å²) in [6, 6.07) is 0.847. The minimum atomic E-state index is 0.196. The van der Waals surface area contributed by atoms with Gasteiger partial charge in [0.2, 0.25) is 0 Å². The van der Waals surface area contributed by atoms with E-state index >= 15 is 0 Å². The monoisotopic (exact) mass is 356 g/mol. The fourth-order valence-corrected chi connectivity index (χ4v) is 5.34. The van der Waals surface area contributed by atoms with E-state index < -0.39 is 0 Å². The molecule has 1 aromatic rings. The van der Waals surface area contributed by atoms with Gasteiger partial charge >= 0.3 is 0 Å². The zero-order chi connectivity index (χ0) is 17.5. The molecule has 4 heteroatoms. The topological polar surface area (TPSA) is 46.3 Å². The molecule has 0 aliphatic heterocycles. The van der Waals surface area contributed by atoms with Gasteiger partial charge in [-0.05, 0) is 57.3 Å². The Labute approximate surface area is 156 Å². The summed E-state index contributed by atoms with van der Waals surface area (Å²) in [5, 5.41) is 4.38. The summed E-state index contributed by atoms with van der Waals surface area (Å²) < 4.78 is 5.77. The first kappa shape index (κ1) is 16.8. The Morgan fingerprint density at radius 2 is 1.31 bits per heavy atom. The van der Waals surface area contributed by atoms with Gasteiger partial charge in [-0.1, -0.05) is 43.7 Å². The van der Waals surface area contributed by atoms with Gasteiger partial charge in [0, 0.05) is 23.6 Å². The molecule has 4 fully saturated rings.